The van der Waals surface area contributed by atoms with Gasteiger partial charge in [-0.2, -0.15) is 0 Å². The highest BCUT2D eigenvalue weighted by atomic mass is 16.6. The van der Waals surface area contributed by atoms with E-state index in [1.807, 2.05) is 0 Å². The molecule has 12 saturated carbocycles. The van der Waals surface area contributed by atoms with Crippen LogP contribution in [0.4, 0.5) is 0 Å². The Hall–Kier alpha value is -1.78. The van der Waals surface area contributed by atoms with Crippen molar-refractivity contribution in [2.24, 2.45) is 149 Å². The summed E-state index contributed by atoms with van der Waals surface area (Å²) in [6.45, 7) is 53.3. The number of carbonyl (C=O) groups excluding carboxylic acids is 1. The molecule has 12 rings (SSSR count). The fourth-order valence-corrected chi connectivity index (χ4v) is 28.3. The maximum Gasteiger partial charge on any atom is 0.332 e. The van der Waals surface area contributed by atoms with E-state index in [4.69, 9.17) is 19.3 Å². The second-order valence-corrected chi connectivity index (χ2v) is 39.4. The number of carboxylic acids is 1. The molecular formula is C84H142O9. The van der Waals surface area contributed by atoms with Crippen molar-refractivity contribution in [3.8, 4) is 0 Å². The number of carboxylic acid groups (broad SMARTS) is 1. The highest BCUT2D eigenvalue weighted by Gasteiger charge is 2.73. The van der Waals surface area contributed by atoms with E-state index < -0.39 is 5.97 Å². The number of fused-ring (bicyclic) bond motifs is 14. The first-order valence-corrected chi connectivity index (χ1v) is 39.3. The number of carbonyl (C=O) groups is 2. The average Bonchev–Trinajstić information content (AvgIpc) is 1.62. The summed E-state index contributed by atoms with van der Waals surface area (Å²) >= 11 is 0. The van der Waals surface area contributed by atoms with Crippen molar-refractivity contribution in [1.82, 2.24) is 0 Å². The summed E-state index contributed by atoms with van der Waals surface area (Å²) in [5.41, 5.74) is 4.84. The third kappa shape index (κ3) is 12.5. The van der Waals surface area contributed by atoms with Crippen LogP contribution < -0.4 is 0 Å². The predicted octanol–water partition coefficient (Wildman–Crippen LogP) is 19.6. The van der Waals surface area contributed by atoms with Gasteiger partial charge >= 0.3 is 11.9 Å². The van der Waals surface area contributed by atoms with E-state index in [2.05, 4.69) is 138 Å². The molecule has 0 aromatic carbocycles. The summed E-state index contributed by atoms with van der Waals surface area (Å²) in [5, 5.41) is 41.2. The van der Waals surface area contributed by atoms with Crippen LogP contribution in [0.15, 0.2) is 24.3 Å². The van der Waals surface area contributed by atoms with E-state index in [-0.39, 0.29) is 70.7 Å². The van der Waals surface area contributed by atoms with Crippen LogP contribution in [0.2, 0.25) is 0 Å². The molecule has 8 unspecified atom stereocenters. The maximum atomic E-state index is 13.3. The van der Waals surface area contributed by atoms with E-state index in [1.54, 1.807) is 0 Å². The zero-order valence-corrected chi connectivity index (χ0v) is 63.0. The second kappa shape index (κ2) is 27.0. The summed E-state index contributed by atoms with van der Waals surface area (Å²) < 4.78 is 18.1. The molecule has 0 amide bonds. The molecule has 26 atom stereocenters. The number of ether oxygens (including phenoxy) is 3. The van der Waals surface area contributed by atoms with Gasteiger partial charge in [0.1, 0.15) is 13.2 Å². The lowest BCUT2D eigenvalue weighted by molar-refractivity contribution is -0.250. The Labute approximate surface area is 568 Å². The standard InChI is InChI=1S/C42H70O4.C30H50O2.C12H22O3/c1-26(2)29-12-11-28(5)23-32(29)45-24-36(44)46-25-42-20-15-30(27(3)4)37(42)31-13-14-34-39(8)18-17-35(43)38(6,7)33(39)16-19-41(34,10)40(31,9)21-22-42;1-19(2)20-10-15-30(18-31)17-16-28(6)21(25(20)30)8-9-23-27(5)13-12-24(32)26(3,4)22(27)11-14-29(23,28)7;1-8(2)10-5-4-9(3)6-11(10)15-7-12(13)14/h26,28-35,37,43H,3,11-25H2,1-2,4-10H3;20-25,31-32H,1,8-18H2,2-7H3;8-11H,4-7H2,1-3H3,(H,13,14)/t28-,29+,30-,31?,32-,33?,34?,35-,37?,39-,40+,41+,42+;20-,21?,22?,23?,24-,25?,27-,28+,29+,30+;9-,10+,11-/m000/s1. The molecule has 9 heteroatoms. The van der Waals surface area contributed by atoms with E-state index in [0.29, 0.717) is 123 Å². The number of aliphatic carboxylic acids is 1. The Morgan fingerprint density at radius 2 is 0.882 bits per heavy atom. The molecule has 0 saturated heterocycles. The topological polar surface area (TPSA) is 143 Å². The van der Waals surface area contributed by atoms with Crippen molar-refractivity contribution >= 4 is 11.9 Å². The van der Waals surface area contributed by atoms with Crippen LogP contribution in [-0.4, -0.2) is 83.2 Å². The van der Waals surface area contributed by atoms with Crippen LogP contribution >= 0.6 is 0 Å². The van der Waals surface area contributed by atoms with Crippen LogP contribution in [0.3, 0.4) is 0 Å². The summed E-state index contributed by atoms with van der Waals surface area (Å²) in [7, 11) is 0. The lowest BCUT2D eigenvalue weighted by Gasteiger charge is -2.73. The van der Waals surface area contributed by atoms with Gasteiger partial charge in [-0.05, 0) is 311 Å². The number of esters is 1. The van der Waals surface area contributed by atoms with Gasteiger partial charge in [-0.3, -0.25) is 0 Å². The molecule has 4 N–H and O–H groups in total. The molecule has 0 bridgehead atoms. The molecule has 0 heterocycles. The van der Waals surface area contributed by atoms with Gasteiger partial charge < -0.3 is 34.6 Å². The summed E-state index contributed by atoms with van der Waals surface area (Å²) in [6.07, 6.45) is 31.2. The molecule has 0 spiro atoms. The molecule has 9 nitrogen and oxygen atoms in total. The monoisotopic (exact) mass is 1300 g/mol. The van der Waals surface area contributed by atoms with Crippen LogP contribution in [0.5, 0.6) is 0 Å². The molecular weight excluding hydrogens is 1150 g/mol. The van der Waals surface area contributed by atoms with Gasteiger partial charge in [0.25, 0.3) is 0 Å². The van der Waals surface area contributed by atoms with E-state index in [1.165, 1.54) is 140 Å². The molecule has 12 aliphatic rings. The highest BCUT2D eigenvalue weighted by molar-refractivity contribution is 5.70. The zero-order valence-electron chi connectivity index (χ0n) is 63.0. The van der Waals surface area contributed by atoms with Gasteiger partial charge in [-0.1, -0.05) is 148 Å². The maximum absolute atomic E-state index is 13.3. The van der Waals surface area contributed by atoms with E-state index in [9.17, 15) is 24.9 Å². The first-order valence-electron chi connectivity index (χ1n) is 39.3. The Balaban J connectivity index is 0.000000173. The number of rotatable bonds is 13. The number of aliphatic hydroxyl groups excluding tert-OH is 3. The summed E-state index contributed by atoms with van der Waals surface area (Å²) in [4.78, 5) is 23.8. The Kier molecular flexibility index (Phi) is 21.4. The van der Waals surface area contributed by atoms with Crippen LogP contribution in [0, 0.1) is 149 Å². The smallest absolute Gasteiger partial charge is 0.332 e. The summed E-state index contributed by atoms with van der Waals surface area (Å²) in [5.74, 6) is 8.84. The Bertz CT molecular complexity index is 2660. The normalized spacial score (nSPS) is 49.2. The highest BCUT2D eigenvalue weighted by Crippen LogP contribution is 2.80. The van der Waals surface area contributed by atoms with Gasteiger partial charge in [-0.25, -0.2) is 9.59 Å². The lowest BCUT2D eigenvalue weighted by atomic mass is 9.32. The molecule has 0 radical (unpaired) electrons. The van der Waals surface area contributed by atoms with Gasteiger partial charge in [0, 0.05) is 12.0 Å². The van der Waals surface area contributed by atoms with Crippen molar-refractivity contribution < 1.29 is 44.2 Å². The van der Waals surface area contributed by atoms with Crippen molar-refractivity contribution in [2.45, 2.75) is 316 Å². The van der Waals surface area contributed by atoms with Gasteiger partial charge in [-0.15, -0.1) is 0 Å². The zero-order chi connectivity index (χ0) is 68.2. The van der Waals surface area contributed by atoms with Crippen molar-refractivity contribution in [1.29, 1.82) is 0 Å². The van der Waals surface area contributed by atoms with Crippen molar-refractivity contribution in [3.63, 3.8) is 0 Å². The minimum absolute atomic E-state index is 0.0111. The number of hydrogen-bond acceptors (Lipinski definition) is 8. The fraction of sp³-hybridized carbons (Fsp3) is 0.929. The average molecular weight is 1300 g/mol. The largest absolute Gasteiger partial charge is 0.480 e. The van der Waals surface area contributed by atoms with Crippen LogP contribution in [-0.2, 0) is 23.8 Å². The molecule has 0 aliphatic heterocycles. The minimum Gasteiger partial charge on any atom is -0.480 e. The minimum atomic E-state index is -0.865. The Morgan fingerprint density at radius 3 is 1.29 bits per heavy atom. The van der Waals surface area contributed by atoms with Gasteiger partial charge in [0.05, 0.1) is 31.0 Å². The van der Waals surface area contributed by atoms with E-state index in [0.717, 1.165) is 50.4 Å². The third-order valence-electron chi connectivity index (χ3n) is 34.0. The quantitative estimate of drug-likeness (QED) is 0.105. The van der Waals surface area contributed by atoms with Crippen LogP contribution in [0.1, 0.15) is 292 Å². The first-order chi connectivity index (χ1) is 43.4. The fourth-order valence-electron chi connectivity index (χ4n) is 28.3. The third-order valence-corrected chi connectivity index (χ3v) is 34.0. The molecule has 93 heavy (non-hydrogen) atoms. The van der Waals surface area contributed by atoms with Crippen molar-refractivity contribution in [3.05, 3.63) is 24.3 Å². The lowest BCUT2D eigenvalue weighted by Crippen LogP contribution is -2.66. The van der Waals surface area contributed by atoms with Crippen LogP contribution in [0.25, 0.3) is 0 Å². The first kappa shape index (κ1) is 73.9. The van der Waals surface area contributed by atoms with Gasteiger partial charge in [0.15, 0.2) is 0 Å². The summed E-state index contributed by atoms with van der Waals surface area (Å²) in [6, 6.07) is 0. The molecule has 12 aliphatic carbocycles. The SMILES string of the molecule is C=C(C)[C@@H]1CC[C@]2(CO)CC[C@]3(C)C(CCC4[C@@]5(C)CC[C@H](O)C(C)(C)C5CC[C@]43C)C12.C=C(C)[C@@H]1CC[C@]2(COC(=O)CO[C@H]3C[C@@H](C)CC[C@@H]3C(C)C)CC[C@]3(C)C(CCC4[C@@]5(C)CC[C@H](O)C(C)(C)C5CC[C@]43C)C12.CC(C)[C@H]1CC[C@H](C)C[C@@H]1OCC(=O)O. The second-order valence-electron chi connectivity index (χ2n) is 39.4. The number of aliphatic hydroxyl groups is 3. The Morgan fingerprint density at radius 1 is 0.473 bits per heavy atom. The van der Waals surface area contributed by atoms with Crippen molar-refractivity contribution in [2.75, 3.05) is 26.4 Å². The predicted molar refractivity (Wildman–Crippen MR) is 378 cm³/mol. The van der Waals surface area contributed by atoms with E-state index >= 15 is 0 Å². The molecule has 0 aromatic heterocycles. The number of allylic oxidation sites excluding steroid dienone is 2. The number of hydrogen-bond donors (Lipinski definition) is 4. The molecule has 0 aromatic rings. The molecule has 532 valence electrons. The van der Waals surface area contributed by atoms with Gasteiger partial charge in [0.2, 0.25) is 0 Å². The molecule has 12 fully saturated rings.